The molecule has 0 spiro atoms. The van der Waals surface area contributed by atoms with Crippen LogP contribution in [0, 0.1) is 0 Å². The lowest BCUT2D eigenvalue weighted by Gasteiger charge is -2.37. The molecule has 6 heteroatoms. The van der Waals surface area contributed by atoms with Crippen LogP contribution in [0.5, 0.6) is 0 Å². The fourth-order valence-electron chi connectivity index (χ4n) is 3.35. The van der Waals surface area contributed by atoms with Gasteiger partial charge in [0.15, 0.2) is 0 Å². The van der Waals surface area contributed by atoms with Gasteiger partial charge in [-0.2, -0.15) is 0 Å². The van der Waals surface area contributed by atoms with E-state index in [1.54, 1.807) is 12.4 Å². The van der Waals surface area contributed by atoms with Gasteiger partial charge in [0.2, 0.25) is 5.91 Å². The van der Waals surface area contributed by atoms with Crippen molar-refractivity contribution >= 4 is 5.91 Å². The third-order valence-corrected chi connectivity index (χ3v) is 4.75. The Hall–Kier alpha value is -1.53. The molecule has 126 valence electrons. The molecule has 0 aliphatic carbocycles. The van der Waals surface area contributed by atoms with E-state index in [0.717, 1.165) is 57.6 Å². The molecular formula is C17H26N4O2. The molecule has 2 saturated heterocycles. The smallest absolute Gasteiger partial charge is 0.236 e. The third kappa shape index (κ3) is 4.72. The lowest BCUT2D eigenvalue weighted by Crippen LogP contribution is -2.51. The second kappa shape index (κ2) is 8.36. The first-order chi connectivity index (χ1) is 11.3. The monoisotopic (exact) mass is 318 g/mol. The molecule has 0 radical (unpaired) electrons. The lowest BCUT2D eigenvalue weighted by atomic mass is 10.1. The van der Waals surface area contributed by atoms with Gasteiger partial charge in [-0.1, -0.05) is 0 Å². The molecule has 3 rings (SSSR count). The number of carbonyl (C=O) groups excluding carboxylic acids is 1. The highest BCUT2D eigenvalue weighted by molar-refractivity contribution is 5.78. The largest absolute Gasteiger partial charge is 0.378 e. The summed E-state index contributed by atoms with van der Waals surface area (Å²) in [7, 11) is 0. The predicted molar refractivity (Wildman–Crippen MR) is 87.0 cm³/mol. The molecule has 1 unspecified atom stereocenters. The van der Waals surface area contributed by atoms with Gasteiger partial charge in [0.1, 0.15) is 0 Å². The van der Waals surface area contributed by atoms with E-state index in [1.807, 2.05) is 11.1 Å². The van der Waals surface area contributed by atoms with Crippen LogP contribution in [-0.4, -0.2) is 71.1 Å². The summed E-state index contributed by atoms with van der Waals surface area (Å²) in [5.74, 6) is 0.274. The summed E-state index contributed by atoms with van der Waals surface area (Å²) >= 11 is 0. The molecule has 0 N–H and O–H groups in total. The number of morpholine rings is 1. The standard InChI is InChI=1S/C17H26N4O2/c22-17(20-8-2-1-3-9-20)13-21-10-11-23-14-16(21)5-4-15-12-18-6-7-19-15/h6-7,12,16H,1-5,8-11,13-14H2. The molecule has 1 aromatic rings. The average molecular weight is 318 g/mol. The number of piperidine rings is 1. The maximum Gasteiger partial charge on any atom is 0.236 e. The van der Waals surface area contributed by atoms with E-state index < -0.39 is 0 Å². The maximum atomic E-state index is 12.5. The zero-order valence-electron chi connectivity index (χ0n) is 13.7. The van der Waals surface area contributed by atoms with Crippen LogP contribution in [0.25, 0.3) is 0 Å². The van der Waals surface area contributed by atoms with Gasteiger partial charge in [0, 0.05) is 44.3 Å². The van der Waals surface area contributed by atoms with Crippen LogP contribution < -0.4 is 0 Å². The van der Waals surface area contributed by atoms with Gasteiger partial charge in [0.25, 0.3) is 0 Å². The van der Waals surface area contributed by atoms with Crippen LogP contribution >= 0.6 is 0 Å². The van der Waals surface area contributed by atoms with Crippen molar-refractivity contribution in [2.45, 2.75) is 38.1 Å². The summed E-state index contributed by atoms with van der Waals surface area (Å²) in [6.45, 7) is 4.63. The summed E-state index contributed by atoms with van der Waals surface area (Å²) < 4.78 is 5.63. The second-order valence-electron chi connectivity index (χ2n) is 6.38. The second-order valence-corrected chi connectivity index (χ2v) is 6.38. The van der Waals surface area contributed by atoms with Crippen molar-refractivity contribution in [1.82, 2.24) is 19.8 Å². The molecule has 2 aliphatic heterocycles. The topological polar surface area (TPSA) is 58.6 Å². The highest BCUT2D eigenvalue weighted by Crippen LogP contribution is 2.15. The Morgan fingerprint density at radius 1 is 1.22 bits per heavy atom. The average Bonchev–Trinajstić information content (AvgIpc) is 2.62. The number of rotatable bonds is 5. The first-order valence-electron chi connectivity index (χ1n) is 8.67. The lowest BCUT2D eigenvalue weighted by molar-refractivity contribution is -0.135. The molecule has 0 saturated carbocycles. The van der Waals surface area contributed by atoms with E-state index in [9.17, 15) is 4.79 Å². The minimum absolute atomic E-state index is 0.274. The van der Waals surface area contributed by atoms with E-state index in [0.29, 0.717) is 19.2 Å². The summed E-state index contributed by atoms with van der Waals surface area (Å²) in [4.78, 5) is 25.3. The van der Waals surface area contributed by atoms with Gasteiger partial charge >= 0.3 is 0 Å². The normalized spacial score (nSPS) is 23.0. The highest BCUT2D eigenvalue weighted by atomic mass is 16.5. The Kier molecular flexibility index (Phi) is 5.93. The van der Waals surface area contributed by atoms with Crippen molar-refractivity contribution < 1.29 is 9.53 Å². The van der Waals surface area contributed by atoms with Crippen molar-refractivity contribution in [1.29, 1.82) is 0 Å². The molecule has 0 bridgehead atoms. The van der Waals surface area contributed by atoms with E-state index in [4.69, 9.17) is 4.74 Å². The van der Waals surface area contributed by atoms with Crippen LogP contribution in [0.2, 0.25) is 0 Å². The van der Waals surface area contributed by atoms with Crippen molar-refractivity contribution in [2.24, 2.45) is 0 Å². The Morgan fingerprint density at radius 2 is 2.09 bits per heavy atom. The number of ether oxygens (including phenoxy) is 1. The highest BCUT2D eigenvalue weighted by Gasteiger charge is 2.27. The molecule has 0 aromatic carbocycles. The van der Waals surface area contributed by atoms with Crippen LogP contribution in [0.1, 0.15) is 31.4 Å². The van der Waals surface area contributed by atoms with Crippen LogP contribution in [0.3, 0.4) is 0 Å². The van der Waals surface area contributed by atoms with Gasteiger partial charge in [-0.15, -0.1) is 0 Å². The van der Waals surface area contributed by atoms with E-state index in [2.05, 4.69) is 14.9 Å². The van der Waals surface area contributed by atoms with Gasteiger partial charge in [-0.05, 0) is 32.1 Å². The molecule has 1 atom stereocenters. The Labute approximate surface area is 137 Å². The molecular weight excluding hydrogens is 292 g/mol. The number of hydrogen-bond donors (Lipinski definition) is 0. The molecule has 2 fully saturated rings. The van der Waals surface area contributed by atoms with Gasteiger partial charge in [-0.3, -0.25) is 19.7 Å². The molecule has 2 aliphatic rings. The predicted octanol–water partition coefficient (Wildman–Crippen LogP) is 1.12. The van der Waals surface area contributed by atoms with Crippen molar-refractivity contribution in [3.05, 3.63) is 24.3 Å². The minimum Gasteiger partial charge on any atom is -0.378 e. The van der Waals surface area contributed by atoms with Gasteiger partial charge in [-0.25, -0.2) is 0 Å². The SMILES string of the molecule is O=C(CN1CCOCC1CCc1cnccn1)N1CCCCC1. The third-order valence-electron chi connectivity index (χ3n) is 4.75. The van der Waals surface area contributed by atoms with E-state index in [1.165, 1.54) is 6.42 Å². The number of hydrogen-bond acceptors (Lipinski definition) is 5. The summed E-state index contributed by atoms with van der Waals surface area (Å²) in [6, 6.07) is 0.291. The van der Waals surface area contributed by atoms with Crippen LogP contribution in [0.15, 0.2) is 18.6 Å². The number of nitrogens with zero attached hydrogens (tertiary/aromatic N) is 4. The number of aryl methyl sites for hydroxylation is 1. The first-order valence-corrected chi connectivity index (χ1v) is 8.67. The number of amides is 1. The summed E-state index contributed by atoms with van der Waals surface area (Å²) in [6.07, 6.45) is 10.6. The first kappa shape index (κ1) is 16.3. The van der Waals surface area contributed by atoms with Gasteiger partial charge in [0.05, 0.1) is 25.5 Å². The Bertz CT molecular complexity index is 491. The molecule has 1 amide bonds. The molecule has 1 aromatic heterocycles. The Morgan fingerprint density at radius 3 is 2.87 bits per heavy atom. The zero-order valence-corrected chi connectivity index (χ0v) is 13.7. The van der Waals surface area contributed by atoms with E-state index in [-0.39, 0.29) is 5.91 Å². The fourth-order valence-corrected chi connectivity index (χ4v) is 3.35. The zero-order chi connectivity index (χ0) is 15.9. The number of carbonyl (C=O) groups is 1. The van der Waals surface area contributed by atoms with Gasteiger partial charge < -0.3 is 9.64 Å². The maximum absolute atomic E-state index is 12.5. The number of aromatic nitrogens is 2. The van der Waals surface area contributed by atoms with E-state index >= 15 is 0 Å². The summed E-state index contributed by atoms with van der Waals surface area (Å²) in [5.41, 5.74) is 1.00. The van der Waals surface area contributed by atoms with Crippen molar-refractivity contribution in [3.8, 4) is 0 Å². The minimum atomic E-state index is 0.274. The number of likely N-dealkylation sites (tertiary alicyclic amines) is 1. The Balaban J connectivity index is 1.52. The molecule has 23 heavy (non-hydrogen) atoms. The van der Waals surface area contributed by atoms with Crippen molar-refractivity contribution in [3.63, 3.8) is 0 Å². The van der Waals surface area contributed by atoms with Crippen LogP contribution in [-0.2, 0) is 16.0 Å². The quantitative estimate of drug-likeness (QED) is 0.814. The van der Waals surface area contributed by atoms with Crippen LogP contribution in [0.4, 0.5) is 0 Å². The van der Waals surface area contributed by atoms with Crippen molar-refractivity contribution in [2.75, 3.05) is 39.4 Å². The fraction of sp³-hybridized carbons (Fsp3) is 0.706. The molecule has 6 nitrogen and oxygen atoms in total. The molecule has 3 heterocycles. The summed E-state index contributed by atoms with van der Waals surface area (Å²) in [5, 5.41) is 0.